The molecule has 0 spiro atoms. The van der Waals surface area contributed by atoms with Crippen molar-refractivity contribution in [3.8, 4) is 0 Å². The van der Waals surface area contributed by atoms with Crippen LogP contribution in [0.4, 0.5) is 0 Å². The van der Waals surface area contributed by atoms with E-state index in [0.717, 1.165) is 77.8 Å². The maximum Gasteiger partial charge on any atom is 0.0664 e. The van der Waals surface area contributed by atoms with Crippen LogP contribution >= 0.6 is 0 Å². The molecule has 0 aliphatic rings. The van der Waals surface area contributed by atoms with Crippen LogP contribution in [0.5, 0.6) is 0 Å². The van der Waals surface area contributed by atoms with Gasteiger partial charge in [-0.1, -0.05) is 162 Å². The highest BCUT2D eigenvalue weighted by Gasteiger charge is 2.09. The Morgan fingerprint density at radius 1 is 0.362 bits per heavy atom. The molecule has 3 atom stereocenters. The van der Waals surface area contributed by atoms with Gasteiger partial charge in [0, 0.05) is 58.9 Å². The summed E-state index contributed by atoms with van der Waals surface area (Å²) in [5.74, 6) is 0. The van der Waals surface area contributed by atoms with Crippen molar-refractivity contribution in [3.63, 3.8) is 0 Å². The van der Waals surface area contributed by atoms with Crippen molar-refractivity contribution < 1.29 is 15.3 Å². The molecule has 0 radical (unpaired) electrons. The van der Waals surface area contributed by atoms with Crippen molar-refractivity contribution in [1.82, 2.24) is 20.9 Å². The van der Waals surface area contributed by atoms with Crippen LogP contribution in [0.3, 0.4) is 0 Å². The van der Waals surface area contributed by atoms with Gasteiger partial charge < -0.3 is 31.3 Å². The minimum absolute atomic E-state index is 0.261. The van der Waals surface area contributed by atoms with E-state index in [-0.39, 0.29) is 18.3 Å². The molecule has 0 aromatic heterocycles. The summed E-state index contributed by atoms with van der Waals surface area (Å²) in [6.45, 7) is 14.1. The van der Waals surface area contributed by atoms with E-state index in [0.29, 0.717) is 19.6 Å². The summed E-state index contributed by atoms with van der Waals surface area (Å²) in [5, 5.41) is 41.7. The Kier molecular flexibility index (Phi) is 38.3. The average Bonchev–Trinajstić information content (AvgIpc) is 3.06. The quantitative estimate of drug-likeness (QED) is 0.0368. The van der Waals surface area contributed by atoms with E-state index in [1.54, 1.807) is 0 Å². The predicted molar refractivity (Wildman–Crippen MR) is 206 cm³/mol. The summed E-state index contributed by atoms with van der Waals surface area (Å²) in [7, 11) is 0. The van der Waals surface area contributed by atoms with E-state index < -0.39 is 0 Å². The monoisotopic (exact) mass is 671 g/mol. The maximum absolute atomic E-state index is 10.4. The van der Waals surface area contributed by atoms with Gasteiger partial charge >= 0.3 is 0 Å². The van der Waals surface area contributed by atoms with Crippen molar-refractivity contribution >= 4 is 0 Å². The zero-order valence-electron chi connectivity index (χ0n) is 32.1. The Morgan fingerprint density at radius 2 is 0.596 bits per heavy atom. The van der Waals surface area contributed by atoms with Crippen molar-refractivity contribution in [1.29, 1.82) is 0 Å². The Morgan fingerprint density at radius 3 is 0.851 bits per heavy atom. The summed E-state index contributed by atoms with van der Waals surface area (Å²) >= 11 is 0. The highest BCUT2D eigenvalue weighted by atomic mass is 16.3. The van der Waals surface area contributed by atoms with E-state index in [9.17, 15) is 15.3 Å². The smallest absolute Gasteiger partial charge is 0.0664 e. The molecule has 0 aliphatic carbocycles. The number of nitrogens with zero attached hydrogens (tertiary/aromatic N) is 1. The number of rotatable bonds is 40. The maximum atomic E-state index is 10.4. The molecule has 3 unspecified atom stereocenters. The first-order chi connectivity index (χ1) is 23.0. The van der Waals surface area contributed by atoms with E-state index in [1.807, 2.05) is 0 Å². The third kappa shape index (κ3) is 36.8. The van der Waals surface area contributed by atoms with Crippen LogP contribution in [-0.4, -0.2) is 97.4 Å². The van der Waals surface area contributed by atoms with Crippen molar-refractivity contribution in [2.24, 2.45) is 0 Å². The van der Waals surface area contributed by atoms with Gasteiger partial charge in [0.15, 0.2) is 0 Å². The molecular formula is C40H86N4O3. The van der Waals surface area contributed by atoms with Crippen LogP contribution < -0.4 is 16.0 Å². The molecule has 0 saturated carbocycles. The largest absolute Gasteiger partial charge is 0.392 e. The number of hydrogen-bond acceptors (Lipinski definition) is 7. The van der Waals surface area contributed by atoms with E-state index >= 15 is 0 Å². The molecule has 0 aromatic rings. The molecule has 284 valence electrons. The van der Waals surface area contributed by atoms with Crippen LogP contribution in [0, 0.1) is 0 Å². The van der Waals surface area contributed by atoms with Crippen molar-refractivity contribution in [2.45, 2.75) is 200 Å². The number of aliphatic hydroxyl groups excluding tert-OH is 3. The minimum atomic E-state index is -0.262. The minimum Gasteiger partial charge on any atom is -0.392 e. The van der Waals surface area contributed by atoms with Crippen LogP contribution in [0.25, 0.3) is 0 Å². The molecule has 0 amide bonds. The topological polar surface area (TPSA) is 100 Å². The second kappa shape index (κ2) is 38.5. The highest BCUT2D eigenvalue weighted by Crippen LogP contribution is 2.12. The molecular weight excluding hydrogens is 584 g/mol. The van der Waals surface area contributed by atoms with Gasteiger partial charge in [-0.15, -0.1) is 0 Å². The second-order valence-electron chi connectivity index (χ2n) is 14.5. The Bertz CT molecular complexity index is 552. The van der Waals surface area contributed by atoms with Crippen molar-refractivity contribution in [3.05, 3.63) is 0 Å². The van der Waals surface area contributed by atoms with Gasteiger partial charge in [0.05, 0.1) is 18.3 Å². The summed E-state index contributed by atoms with van der Waals surface area (Å²) in [6, 6.07) is 0. The lowest BCUT2D eigenvalue weighted by Gasteiger charge is -2.24. The summed E-state index contributed by atoms with van der Waals surface area (Å²) in [5.41, 5.74) is 0. The lowest BCUT2D eigenvalue weighted by Crippen LogP contribution is -2.43. The van der Waals surface area contributed by atoms with Crippen LogP contribution in [0.2, 0.25) is 0 Å². The molecule has 0 aliphatic heterocycles. The number of unbranched alkanes of at least 4 members (excludes halogenated alkanes) is 19. The first kappa shape index (κ1) is 46.7. The molecule has 7 nitrogen and oxygen atoms in total. The van der Waals surface area contributed by atoms with Gasteiger partial charge in [0.2, 0.25) is 0 Å². The number of nitrogens with one attached hydrogen (secondary N) is 3. The van der Waals surface area contributed by atoms with E-state index in [2.05, 4.69) is 41.6 Å². The van der Waals surface area contributed by atoms with Crippen molar-refractivity contribution in [2.75, 3.05) is 58.9 Å². The number of aliphatic hydroxyl groups is 3. The Labute approximate surface area is 294 Å². The van der Waals surface area contributed by atoms with E-state index in [1.165, 1.54) is 122 Å². The normalized spacial score (nSPS) is 13.9. The van der Waals surface area contributed by atoms with E-state index in [4.69, 9.17) is 0 Å². The lowest BCUT2D eigenvalue weighted by molar-refractivity contribution is 0.150. The first-order valence-electron chi connectivity index (χ1n) is 20.9. The molecule has 0 heterocycles. The fourth-order valence-corrected chi connectivity index (χ4v) is 6.35. The molecule has 0 aromatic carbocycles. The molecule has 0 fully saturated rings. The highest BCUT2D eigenvalue weighted by molar-refractivity contribution is 4.69. The Balaban J connectivity index is 4.23. The molecule has 0 rings (SSSR count). The standard InChI is InChI=1S/C40H86N4O3/c1-4-7-10-13-16-18-21-24-27-39(46)36-42-30-33-44(32-29-41-35-38(45)26-23-20-15-12-9-6-3)34-31-43-37-40(47)28-25-22-19-17-14-11-8-5-2/h38-43,45-47H,4-37H2,1-3H3. The molecule has 47 heavy (non-hydrogen) atoms. The molecule has 0 bridgehead atoms. The summed E-state index contributed by atoms with van der Waals surface area (Å²) < 4.78 is 0. The molecule has 6 N–H and O–H groups in total. The van der Waals surface area contributed by atoms with Gasteiger partial charge in [-0.25, -0.2) is 0 Å². The van der Waals surface area contributed by atoms with Gasteiger partial charge in [0.1, 0.15) is 0 Å². The van der Waals surface area contributed by atoms with Crippen LogP contribution in [0.15, 0.2) is 0 Å². The fourth-order valence-electron chi connectivity index (χ4n) is 6.35. The van der Waals surface area contributed by atoms with Gasteiger partial charge in [-0.3, -0.25) is 4.90 Å². The SMILES string of the molecule is CCCCCCCCCCC(O)CNCCN(CCNCC(O)CCCCCCCC)CCNCC(O)CCCCCCCCCC. The lowest BCUT2D eigenvalue weighted by atomic mass is 10.1. The third-order valence-electron chi connectivity index (χ3n) is 9.63. The first-order valence-corrected chi connectivity index (χ1v) is 20.9. The van der Waals surface area contributed by atoms with Crippen LogP contribution in [0.1, 0.15) is 181 Å². The van der Waals surface area contributed by atoms with Crippen LogP contribution in [-0.2, 0) is 0 Å². The zero-order valence-corrected chi connectivity index (χ0v) is 32.1. The fraction of sp³-hybridized carbons (Fsp3) is 1.00. The predicted octanol–water partition coefficient (Wildman–Crippen LogP) is 7.95. The average molecular weight is 671 g/mol. The number of hydrogen-bond donors (Lipinski definition) is 6. The van der Waals surface area contributed by atoms with Gasteiger partial charge in [0.25, 0.3) is 0 Å². The summed E-state index contributed by atoms with van der Waals surface area (Å²) in [4.78, 5) is 2.45. The van der Waals surface area contributed by atoms with Gasteiger partial charge in [-0.05, 0) is 19.3 Å². The molecule has 0 saturated heterocycles. The summed E-state index contributed by atoms with van der Waals surface area (Å²) in [6.07, 6.45) is 30.2. The Hall–Kier alpha value is -0.280. The van der Waals surface area contributed by atoms with Gasteiger partial charge in [-0.2, -0.15) is 0 Å². The second-order valence-corrected chi connectivity index (χ2v) is 14.5. The third-order valence-corrected chi connectivity index (χ3v) is 9.63. The molecule has 7 heteroatoms. The zero-order chi connectivity index (χ0) is 34.5.